The van der Waals surface area contributed by atoms with Crippen LogP contribution in [-0.4, -0.2) is 30.0 Å². The van der Waals surface area contributed by atoms with Crippen molar-refractivity contribution in [3.8, 4) is 5.75 Å². The Morgan fingerprint density at radius 1 is 0.933 bits per heavy atom. The van der Waals surface area contributed by atoms with Crippen LogP contribution in [0.1, 0.15) is 77.0 Å². The van der Waals surface area contributed by atoms with Crippen LogP contribution < -0.4 is 4.74 Å². The van der Waals surface area contributed by atoms with Gasteiger partial charge in [0.2, 0.25) is 0 Å². The minimum Gasteiger partial charge on any atom is -0.491 e. The van der Waals surface area contributed by atoms with Crippen molar-refractivity contribution in [1.82, 2.24) is 0 Å². The molecular formula is C27H40O3. The number of aliphatic hydroxyl groups excluding tert-OH is 1. The van der Waals surface area contributed by atoms with Crippen LogP contribution in [0.3, 0.4) is 0 Å². The number of hydrogen-bond donors (Lipinski definition) is 1. The van der Waals surface area contributed by atoms with Crippen molar-refractivity contribution in [2.75, 3.05) is 6.61 Å². The van der Waals surface area contributed by atoms with Gasteiger partial charge in [0.05, 0.1) is 18.3 Å². The highest BCUT2D eigenvalue weighted by atomic mass is 16.6. The van der Waals surface area contributed by atoms with Gasteiger partial charge in [0.15, 0.2) is 0 Å². The van der Waals surface area contributed by atoms with E-state index in [1.54, 1.807) is 0 Å². The Bertz CT molecular complexity index is 724. The zero-order chi connectivity index (χ0) is 22.1. The summed E-state index contributed by atoms with van der Waals surface area (Å²) >= 11 is 0. The Kier molecular flexibility index (Phi) is 9.38. The molecule has 1 saturated heterocycles. The van der Waals surface area contributed by atoms with Crippen LogP contribution in [0.5, 0.6) is 5.75 Å². The van der Waals surface area contributed by atoms with Crippen molar-refractivity contribution < 1.29 is 14.6 Å². The molecule has 0 bridgehead atoms. The highest BCUT2D eigenvalue weighted by molar-refractivity contribution is 5.40. The van der Waals surface area contributed by atoms with Crippen LogP contribution in [-0.2, 0) is 10.2 Å². The molecule has 0 aliphatic carbocycles. The third-order valence-corrected chi connectivity index (χ3v) is 6.09. The predicted octanol–water partition coefficient (Wildman–Crippen LogP) is 6.43. The second-order valence-electron chi connectivity index (χ2n) is 8.82. The standard InChI is InChI=1S/C22H28O2.C5H12O/c1-5-19-14-21(24-19)15-23-20-12-10-18(11-13-20)22(3,4)17-8-6-16(2)7-9-17;1-3-5(6)4-2/h6-13,19,21H,5,14-15H2,1-4H3;5-6H,3-4H2,1-2H3. The van der Waals surface area contributed by atoms with Gasteiger partial charge in [-0.15, -0.1) is 0 Å². The number of aryl methyl sites for hydroxylation is 1. The zero-order valence-corrected chi connectivity index (χ0v) is 19.7. The summed E-state index contributed by atoms with van der Waals surface area (Å²) in [7, 11) is 0. The summed E-state index contributed by atoms with van der Waals surface area (Å²) in [4.78, 5) is 0. The fraction of sp³-hybridized carbons (Fsp3) is 0.556. The van der Waals surface area contributed by atoms with E-state index in [0.717, 1.165) is 31.4 Å². The second kappa shape index (κ2) is 11.5. The summed E-state index contributed by atoms with van der Waals surface area (Å²) in [5.74, 6) is 0.919. The van der Waals surface area contributed by atoms with Crippen molar-refractivity contribution >= 4 is 0 Å². The van der Waals surface area contributed by atoms with E-state index in [9.17, 15) is 0 Å². The predicted molar refractivity (Wildman–Crippen MR) is 125 cm³/mol. The van der Waals surface area contributed by atoms with E-state index in [0.29, 0.717) is 12.7 Å². The normalized spacial score (nSPS) is 18.4. The fourth-order valence-corrected chi connectivity index (χ4v) is 3.51. The lowest BCUT2D eigenvalue weighted by atomic mass is 9.78. The summed E-state index contributed by atoms with van der Waals surface area (Å²) in [6.45, 7) is 13.4. The average Bonchev–Trinajstić information content (AvgIpc) is 2.73. The van der Waals surface area contributed by atoms with E-state index in [1.807, 2.05) is 13.8 Å². The molecule has 3 nitrogen and oxygen atoms in total. The van der Waals surface area contributed by atoms with Gasteiger partial charge in [0.1, 0.15) is 12.4 Å². The number of hydrogen-bond acceptors (Lipinski definition) is 3. The summed E-state index contributed by atoms with van der Waals surface area (Å²) in [5.41, 5.74) is 3.90. The lowest BCUT2D eigenvalue weighted by molar-refractivity contribution is -0.138. The van der Waals surface area contributed by atoms with Gasteiger partial charge in [-0.1, -0.05) is 76.6 Å². The topological polar surface area (TPSA) is 38.7 Å². The molecule has 1 aliphatic rings. The van der Waals surface area contributed by atoms with Gasteiger partial charge in [-0.25, -0.2) is 0 Å². The maximum Gasteiger partial charge on any atom is 0.119 e. The Hall–Kier alpha value is -1.84. The first-order valence-corrected chi connectivity index (χ1v) is 11.4. The van der Waals surface area contributed by atoms with E-state index >= 15 is 0 Å². The molecule has 3 rings (SSSR count). The fourth-order valence-electron chi connectivity index (χ4n) is 3.51. The lowest BCUT2D eigenvalue weighted by Gasteiger charge is -2.35. The molecule has 2 aromatic rings. The van der Waals surface area contributed by atoms with Gasteiger partial charge in [0, 0.05) is 11.8 Å². The first-order chi connectivity index (χ1) is 14.3. The molecule has 2 aromatic carbocycles. The van der Waals surface area contributed by atoms with Crippen molar-refractivity contribution in [2.45, 2.75) is 91.0 Å². The molecule has 2 unspecified atom stereocenters. The van der Waals surface area contributed by atoms with Gasteiger partial charge in [-0.3, -0.25) is 0 Å². The smallest absolute Gasteiger partial charge is 0.119 e. The molecule has 30 heavy (non-hydrogen) atoms. The molecule has 1 fully saturated rings. The minimum absolute atomic E-state index is 0.0162. The number of aliphatic hydroxyl groups is 1. The first kappa shape index (κ1) is 24.4. The van der Waals surface area contributed by atoms with E-state index in [1.165, 1.54) is 16.7 Å². The first-order valence-electron chi connectivity index (χ1n) is 11.4. The average molecular weight is 413 g/mol. The monoisotopic (exact) mass is 412 g/mol. The zero-order valence-electron chi connectivity index (χ0n) is 19.7. The summed E-state index contributed by atoms with van der Waals surface area (Å²) in [5, 5.41) is 8.67. The van der Waals surface area contributed by atoms with E-state index in [2.05, 4.69) is 76.2 Å². The number of rotatable bonds is 8. The molecular weight excluding hydrogens is 372 g/mol. The van der Waals surface area contributed by atoms with Crippen LogP contribution in [0.4, 0.5) is 0 Å². The molecule has 3 heteroatoms. The van der Waals surface area contributed by atoms with Gasteiger partial charge in [-0.05, 0) is 49.4 Å². The molecule has 166 valence electrons. The van der Waals surface area contributed by atoms with Gasteiger partial charge in [-0.2, -0.15) is 0 Å². The summed E-state index contributed by atoms with van der Waals surface area (Å²) in [6.07, 6.45) is 4.63. The quantitative estimate of drug-likeness (QED) is 0.542. The summed E-state index contributed by atoms with van der Waals surface area (Å²) in [6, 6.07) is 17.3. The van der Waals surface area contributed by atoms with Crippen LogP contribution in [0.2, 0.25) is 0 Å². The second-order valence-corrected chi connectivity index (χ2v) is 8.82. The van der Waals surface area contributed by atoms with E-state index in [-0.39, 0.29) is 17.6 Å². The van der Waals surface area contributed by atoms with E-state index in [4.69, 9.17) is 14.6 Å². The van der Waals surface area contributed by atoms with Crippen LogP contribution in [0.15, 0.2) is 48.5 Å². The van der Waals surface area contributed by atoms with Gasteiger partial charge < -0.3 is 14.6 Å². The van der Waals surface area contributed by atoms with E-state index < -0.39 is 0 Å². The SMILES string of the molecule is CCC(O)CC.CCC1CC(COc2ccc(C(C)(C)c3ccc(C)cc3)cc2)O1. The largest absolute Gasteiger partial charge is 0.491 e. The minimum atomic E-state index is -0.0648. The maximum absolute atomic E-state index is 8.67. The molecule has 1 aliphatic heterocycles. The third-order valence-electron chi connectivity index (χ3n) is 6.09. The molecule has 0 spiro atoms. The Labute approximate surface area is 183 Å². The van der Waals surface area contributed by atoms with Crippen molar-refractivity contribution in [3.05, 3.63) is 65.2 Å². The van der Waals surface area contributed by atoms with Crippen LogP contribution >= 0.6 is 0 Å². The Morgan fingerprint density at radius 3 is 1.87 bits per heavy atom. The summed E-state index contributed by atoms with van der Waals surface area (Å²) < 4.78 is 11.6. The molecule has 2 atom stereocenters. The highest BCUT2D eigenvalue weighted by Crippen LogP contribution is 2.32. The van der Waals surface area contributed by atoms with Crippen molar-refractivity contribution in [2.24, 2.45) is 0 Å². The van der Waals surface area contributed by atoms with Crippen LogP contribution in [0, 0.1) is 6.92 Å². The highest BCUT2D eigenvalue weighted by Gasteiger charge is 2.29. The molecule has 1 heterocycles. The van der Waals surface area contributed by atoms with Crippen molar-refractivity contribution in [1.29, 1.82) is 0 Å². The number of benzene rings is 2. The molecule has 0 radical (unpaired) electrons. The maximum atomic E-state index is 8.67. The third kappa shape index (κ3) is 6.85. The Morgan fingerprint density at radius 2 is 1.43 bits per heavy atom. The van der Waals surface area contributed by atoms with Crippen LogP contribution in [0.25, 0.3) is 0 Å². The number of ether oxygens (including phenoxy) is 2. The molecule has 1 N–H and O–H groups in total. The lowest BCUT2D eigenvalue weighted by Crippen LogP contribution is -2.40. The Balaban J connectivity index is 0.000000469. The van der Waals surface area contributed by atoms with Crippen molar-refractivity contribution in [3.63, 3.8) is 0 Å². The van der Waals surface area contributed by atoms with Gasteiger partial charge in [0.25, 0.3) is 0 Å². The van der Waals surface area contributed by atoms with Gasteiger partial charge >= 0.3 is 0 Å². The molecule has 0 aromatic heterocycles. The molecule has 0 amide bonds. The molecule has 0 saturated carbocycles.